The molecule has 0 rings (SSSR count). The first kappa shape index (κ1) is 20.4. The summed E-state index contributed by atoms with van der Waals surface area (Å²) in [6.07, 6.45) is 0. The predicted molar refractivity (Wildman–Crippen MR) is 92.3 cm³/mol. The fourth-order valence-corrected chi connectivity index (χ4v) is 2.27. The number of carbonyl (C=O) groups is 3. The third-order valence-corrected chi connectivity index (χ3v) is 3.82. The molecule has 0 fully saturated rings. The summed E-state index contributed by atoms with van der Waals surface area (Å²) in [7, 11) is 3.09. The molecule has 0 radical (unpaired) electrons. The molecule has 0 saturated heterocycles. The van der Waals surface area contributed by atoms with E-state index in [0.717, 1.165) is 0 Å². The summed E-state index contributed by atoms with van der Waals surface area (Å²) in [6.45, 7) is 0. The molecule has 0 bridgehead atoms. The highest BCUT2D eigenvalue weighted by Gasteiger charge is 2.26. The van der Waals surface area contributed by atoms with E-state index in [1.54, 1.807) is 7.05 Å². The second kappa shape index (κ2) is 11.0. The van der Waals surface area contributed by atoms with Crippen molar-refractivity contribution in [2.24, 2.45) is 0 Å². The standard InChI is InChI=1S/C11H22N4O3S3/c1-12-6(3-19)10(17)15-8(5-21)11(18)14-7(4-20)9(16)13-2/h6-8,12,19-21H,3-5H2,1-2H3,(H,13,16)(H,14,18)(H,15,17). The summed E-state index contributed by atoms with van der Waals surface area (Å²) in [5.41, 5.74) is 0. The molecular weight excluding hydrogens is 332 g/mol. The van der Waals surface area contributed by atoms with Crippen molar-refractivity contribution in [3.63, 3.8) is 0 Å². The first-order valence-corrected chi connectivity index (χ1v) is 8.17. The molecule has 0 aliphatic heterocycles. The minimum Gasteiger partial charge on any atom is -0.357 e. The van der Waals surface area contributed by atoms with Gasteiger partial charge >= 0.3 is 0 Å². The zero-order chi connectivity index (χ0) is 16.4. The van der Waals surface area contributed by atoms with Gasteiger partial charge in [-0.3, -0.25) is 14.4 Å². The largest absolute Gasteiger partial charge is 0.357 e. The maximum Gasteiger partial charge on any atom is 0.244 e. The SMILES string of the molecule is CNC(=O)C(CS)NC(=O)C(CS)NC(=O)C(CS)NC. The van der Waals surface area contributed by atoms with Crippen molar-refractivity contribution in [2.75, 3.05) is 31.4 Å². The van der Waals surface area contributed by atoms with Crippen molar-refractivity contribution in [3.05, 3.63) is 0 Å². The van der Waals surface area contributed by atoms with Gasteiger partial charge in [-0.25, -0.2) is 0 Å². The summed E-state index contributed by atoms with van der Waals surface area (Å²) in [4.78, 5) is 35.5. The van der Waals surface area contributed by atoms with E-state index in [1.165, 1.54) is 7.05 Å². The minimum absolute atomic E-state index is 0.105. The molecule has 0 aliphatic carbocycles. The van der Waals surface area contributed by atoms with Crippen LogP contribution in [-0.4, -0.2) is 67.2 Å². The third kappa shape index (κ3) is 6.81. The lowest BCUT2D eigenvalue weighted by atomic mass is 10.2. The normalized spacial score (nSPS) is 14.7. The molecule has 0 aromatic rings. The van der Waals surface area contributed by atoms with E-state index in [9.17, 15) is 14.4 Å². The summed E-state index contributed by atoms with van der Waals surface area (Å²) in [6, 6.07) is -2.12. The van der Waals surface area contributed by atoms with Crippen LogP contribution in [0.2, 0.25) is 0 Å². The summed E-state index contributed by atoms with van der Waals surface area (Å²) >= 11 is 12.1. The van der Waals surface area contributed by atoms with Crippen LogP contribution in [0.1, 0.15) is 0 Å². The number of likely N-dealkylation sites (N-methyl/N-ethyl adjacent to an activating group) is 2. The molecular formula is C11H22N4O3S3. The molecule has 0 heterocycles. The number of carbonyl (C=O) groups excluding carboxylic acids is 3. The van der Waals surface area contributed by atoms with Crippen LogP contribution in [0.5, 0.6) is 0 Å². The highest BCUT2D eigenvalue weighted by atomic mass is 32.1. The summed E-state index contributed by atoms with van der Waals surface area (Å²) < 4.78 is 0. The van der Waals surface area contributed by atoms with Gasteiger partial charge in [-0.2, -0.15) is 37.9 Å². The molecule has 10 heteroatoms. The van der Waals surface area contributed by atoms with Crippen molar-refractivity contribution < 1.29 is 14.4 Å². The van der Waals surface area contributed by atoms with Gasteiger partial charge in [-0.15, -0.1) is 0 Å². The Labute approximate surface area is 141 Å². The number of rotatable bonds is 9. The van der Waals surface area contributed by atoms with Crippen molar-refractivity contribution in [3.8, 4) is 0 Å². The Bertz CT molecular complexity index is 367. The number of nitrogens with one attached hydrogen (secondary N) is 4. The molecule has 3 unspecified atom stereocenters. The second-order valence-corrected chi connectivity index (χ2v) is 5.22. The van der Waals surface area contributed by atoms with Gasteiger partial charge < -0.3 is 21.3 Å². The maximum atomic E-state index is 12.1. The van der Waals surface area contributed by atoms with Crippen LogP contribution in [0.25, 0.3) is 0 Å². The topological polar surface area (TPSA) is 99.3 Å². The van der Waals surface area contributed by atoms with Crippen LogP contribution in [0.3, 0.4) is 0 Å². The summed E-state index contributed by atoms with van der Waals surface area (Å²) in [5.74, 6) is -0.659. The molecule has 3 amide bonds. The van der Waals surface area contributed by atoms with Gasteiger partial charge in [0.15, 0.2) is 0 Å². The smallest absolute Gasteiger partial charge is 0.244 e. The zero-order valence-corrected chi connectivity index (χ0v) is 14.6. The van der Waals surface area contributed by atoms with E-state index in [1.807, 2.05) is 0 Å². The molecule has 0 aliphatic rings. The Morgan fingerprint density at radius 1 is 0.762 bits per heavy atom. The monoisotopic (exact) mass is 354 g/mol. The van der Waals surface area contributed by atoms with Crippen molar-refractivity contribution in [1.82, 2.24) is 21.3 Å². The molecule has 3 atom stereocenters. The van der Waals surface area contributed by atoms with E-state index in [-0.39, 0.29) is 23.3 Å². The van der Waals surface area contributed by atoms with Gasteiger partial charge in [0, 0.05) is 24.3 Å². The van der Waals surface area contributed by atoms with Crippen LogP contribution in [-0.2, 0) is 14.4 Å². The lowest BCUT2D eigenvalue weighted by molar-refractivity contribution is -0.131. The number of hydrogen-bond donors (Lipinski definition) is 7. The zero-order valence-electron chi connectivity index (χ0n) is 11.9. The quantitative estimate of drug-likeness (QED) is 0.246. The average molecular weight is 355 g/mol. The lowest BCUT2D eigenvalue weighted by Crippen LogP contribution is -2.57. The maximum absolute atomic E-state index is 12.1. The molecule has 0 saturated carbocycles. The first-order valence-electron chi connectivity index (χ1n) is 6.27. The highest BCUT2D eigenvalue weighted by molar-refractivity contribution is 7.80. The van der Waals surface area contributed by atoms with Gasteiger partial charge in [-0.05, 0) is 7.05 Å². The van der Waals surface area contributed by atoms with Crippen molar-refractivity contribution in [2.45, 2.75) is 18.1 Å². The average Bonchev–Trinajstić information content (AvgIpc) is 2.50. The van der Waals surface area contributed by atoms with E-state index >= 15 is 0 Å². The van der Waals surface area contributed by atoms with E-state index in [2.05, 4.69) is 59.2 Å². The van der Waals surface area contributed by atoms with Gasteiger partial charge in [0.2, 0.25) is 17.7 Å². The number of amides is 3. The number of hydrogen-bond acceptors (Lipinski definition) is 7. The Kier molecular flexibility index (Phi) is 10.7. The van der Waals surface area contributed by atoms with E-state index in [4.69, 9.17) is 0 Å². The Hall–Kier alpha value is -0.580. The van der Waals surface area contributed by atoms with Crippen LogP contribution in [0.15, 0.2) is 0 Å². The van der Waals surface area contributed by atoms with Gasteiger partial charge in [0.25, 0.3) is 0 Å². The third-order valence-electron chi connectivity index (χ3n) is 2.73. The first-order chi connectivity index (χ1) is 9.94. The predicted octanol–water partition coefficient (Wildman–Crippen LogP) is -1.92. The number of thiol groups is 3. The fraction of sp³-hybridized carbons (Fsp3) is 0.727. The second-order valence-electron chi connectivity index (χ2n) is 4.13. The molecule has 4 N–H and O–H groups in total. The Morgan fingerprint density at radius 2 is 1.14 bits per heavy atom. The minimum atomic E-state index is -0.844. The fourth-order valence-electron chi connectivity index (χ4n) is 1.41. The summed E-state index contributed by atoms with van der Waals surface area (Å²) in [5, 5.41) is 10.3. The van der Waals surface area contributed by atoms with Crippen LogP contribution < -0.4 is 21.3 Å². The Balaban J connectivity index is 4.68. The molecule has 0 aromatic heterocycles. The molecule has 0 spiro atoms. The highest BCUT2D eigenvalue weighted by Crippen LogP contribution is 1.96. The van der Waals surface area contributed by atoms with Gasteiger partial charge in [0.1, 0.15) is 12.1 Å². The van der Waals surface area contributed by atoms with Crippen LogP contribution in [0.4, 0.5) is 0 Å². The molecule has 0 aromatic carbocycles. The lowest BCUT2D eigenvalue weighted by Gasteiger charge is -2.22. The van der Waals surface area contributed by atoms with Crippen LogP contribution >= 0.6 is 37.9 Å². The van der Waals surface area contributed by atoms with Crippen LogP contribution in [0, 0.1) is 0 Å². The van der Waals surface area contributed by atoms with Gasteiger partial charge in [0.05, 0.1) is 6.04 Å². The molecule has 21 heavy (non-hydrogen) atoms. The molecule has 122 valence electrons. The van der Waals surface area contributed by atoms with Crippen molar-refractivity contribution >= 4 is 55.6 Å². The van der Waals surface area contributed by atoms with Crippen molar-refractivity contribution in [1.29, 1.82) is 0 Å². The Morgan fingerprint density at radius 3 is 1.48 bits per heavy atom. The van der Waals surface area contributed by atoms with E-state index in [0.29, 0.717) is 5.75 Å². The van der Waals surface area contributed by atoms with Gasteiger partial charge in [-0.1, -0.05) is 0 Å². The molecule has 7 nitrogen and oxygen atoms in total. The van der Waals surface area contributed by atoms with E-state index < -0.39 is 24.0 Å².